The van der Waals surface area contributed by atoms with Crippen molar-refractivity contribution in [2.24, 2.45) is 17.8 Å². The number of cyclic esters (lactones) is 1. The minimum Gasteiger partial charge on any atom is -0.497 e. The number of halogens is 1. The number of nitrogens with zero attached hydrogens (tertiary/aromatic N) is 2. The highest BCUT2D eigenvalue weighted by Crippen LogP contribution is 2.59. The van der Waals surface area contributed by atoms with E-state index >= 15 is 4.79 Å². The molecule has 2 aromatic carbocycles. The Morgan fingerprint density at radius 1 is 1.02 bits per heavy atom. The molecule has 0 unspecified atom stereocenters. The van der Waals surface area contributed by atoms with Crippen LogP contribution in [0.5, 0.6) is 5.75 Å². The van der Waals surface area contributed by atoms with Gasteiger partial charge in [0.05, 0.1) is 31.7 Å². The molecule has 0 saturated carbocycles. The summed E-state index contributed by atoms with van der Waals surface area (Å²) in [5.74, 6) is -3.27. The largest absolute Gasteiger partial charge is 0.497 e. The van der Waals surface area contributed by atoms with E-state index in [1.54, 1.807) is 49.3 Å². The number of likely N-dealkylation sites (tertiary alicyclic amines) is 1. The van der Waals surface area contributed by atoms with E-state index in [9.17, 15) is 19.5 Å². The van der Waals surface area contributed by atoms with Gasteiger partial charge in [0.2, 0.25) is 11.8 Å². The fourth-order valence-corrected chi connectivity index (χ4v) is 8.61. The number of nitrogens with one attached hydrogen (secondary N) is 1. The van der Waals surface area contributed by atoms with Crippen LogP contribution in [0.1, 0.15) is 51.7 Å². The van der Waals surface area contributed by atoms with Crippen molar-refractivity contribution in [3.05, 3.63) is 82.9 Å². The van der Waals surface area contributed by atoms with E-state index in [-0.39, 0.29) is 31.4 Å². The molecule has 2 fully saturated rings. The Balaban J connectivity index is 1.50. The van der Waals surface area contributed by atoms with Crippen molar-refractivity contribution in [2.75, 3.05) is 25.2 Å². The molecule has 5 bridgehead atoms. The molecule has 12 heteroatoms. The molecule has 8 atom stereocenters. The molecule has 4 aliphatic rings. The molecule has 3 amide bonds. The molecular formula is C38H44BrN3O8. The molecule has 1 spiro atoms. The highest BCUT2D eigenvalue weighted by atomic mass is 79.9. The normalized spacial score (nSPS) is 31.3. The first-order valence-electron chi connectivity index (χ1n) is 17.1. The Morgan fingerprint density at radius 3 is 2.40 bits per heavy atom. The zero-order valence-electron chi connectivity index (χ0n) is 28.7. The number of amides is 3. The Kier molecular flexibility index (Phi) is 10.5. The molecule has 266 valence electrons. The van der Waals surface area contributed by atoms with Crippen molar-refractivity contribution in [1.82, 2.24) is 10.2 Å². The summed E-state index contributed by atoms with van der Waals surface area (Å²) < 4.78 is 18.8. The van der Waals surface area contributed by atoms with Gasteiger partial charge < -0.3 is 34.4 Å². The summed E-state index contributed by atoms with van der Waals surface area (Å²) in [6, 6.07) is 13.7. The number of carbonyl (C=O) groups is 4. The molecule has 0 aromatic heterocycles. The van der Waals surface area contributed by atoms with Gasteiger partial charge in [0, 0.05) is 23.1 Å². The lowest BCUT2D eigenvalue weighted by Crippen LogP contribution is -2.59. The quantitative estimate of drug-likeness (QED) is 0.314. The lowest BCUT2D eigenvalue weighted by molar-refractivity contribution is -0.161. The van der Waals surface area contributed by atoms with E-state index < -0.39 is 65.6 Å². The fraction of sp³-hybridized carbons (Fsp3) is 0.474. The maximum absolute atomic E-state index is 15.1. The minimum atomic E-state index is -1.52. The van der Waals surface area contributed by atoms with Gasteiger partial charge in [-0.2, -0.15) is 0 Å². The summed E-state index contributed by atoms with van der Waals surface area (Å²) in [4.78, 5) is 60.5. The smallest absolute Gasteiger partial charge is 0.313 e. The predicted molar refractivity (Wildman–Crippen MR) is 189 cm³/mol. The summed E-state index contributed by atoms with van der Waals surface area (Å²) in [7, 11) is 1.56. The van der Waals surface area contributed by atoms with Crippen molar-refractivity contribution < 1.29 is 38.5 Å². The third-order valence-corrected chi connectivity index (χ3v) is 10.8. The molecule has 2 aromatic rings. The van der Waals surface area contributed by atoms with E-state index in [0.717, 1.165) is 0 Å². The second-order valence-electron chi connectivity index (χ2n) is 13.8. The topological polar surface area (TPSA) is 135 Å². The van der Waals surface area contributed by atoms with E-state index in [2.05, 4.69) is 21.2 Å². The highest BCUT2D eigenvalue weighted by Gasteiger charge is 2.75. The van der Waals surface area contributed by atoms with Gasteiger partial charge in [-0.05, 0) is 61.6 Å². The van der Waals surface area contributed by atoms with Gasteiger partial charge in [0.15, 0.2) is 0 Å². The summed E-state index contributed by atoms with van der Waals surface area (Å²) in [5, 5.41) is 13.7. The Labute approximate surface area is 300 Å². The number of hydrogen-bond acceptors (Lipinski definition) is 8. The van der Waals surface area contributed by atoms with Gasteiger partial charge in [0.1, 0.15) is 35.5 Å². The highest BCUT2D eigenvalue weighted by molar-refractivity contribution is 9.11. The van der Waals surface area contributed by atoms with Crippen molar-refractivity contribution in [3.8, 4) is 5.75 Å². The third kappa shape index (κ3) is 6.49. The van der Waals surface area contributed by atoms with Gasteiger partial charge in [0.25, 0.3) is 5.91 Å². The number of anilines is 1. The monoisotopic (exact) mass is 749 g/mol. The van der Waals surface area contributed by atoms with Crippen LogP contribution >= 0.6 is 15.9 Å². The Hall–Kier alpha value is -4.00. The first-order chi connectivity index (χ1) is 24.0. The minimum absolute atomic E-state index is 0.0865. The molecule has 6 rings (SSSR count). The van der Waals surface area contributed by atoms with Gasteiger partial charge >= 0.3 is 5.97 Å². The molecule has 4 heterocycles. The van der Waals surface area contributed by atoms with Crippen LogP contribution in [0.4, 0.5) is 5.69 Å². The van der Waals surface area contributed by atoms with Crippen LogP contribution in [0.3, 0.4) is 0 Å². The molecule has 2 N–H and O–H groups in total. The summed E-state index contributed by atoms with van der Waals surface area (Å²) in [6.07, 6.45) is 4.71. The average molecular weight is 751 g/mol. The second kappa shape index (κ2) is 14.7. The summed E-state index contributed by atoms with van der Waals surface area (Å²) >= 11 is 3.61. The van der Waals surface area contributed by atoms with Crippen LogP contribution in [0, 0.1) is 17.8 Å². The van der Waals surface area contributed by atoms with E-state index in [4.69, 9.17) is 14.2 Å². The maximum atomic E-state index is 15.1. The van der Waals surface area contributed by atoms with Crippen molar-refractivity contribution in [2.45, 2.75) is 76.0 Å². The number of allylic oxidation sites excluding steroid dienone is 1. The predicted octanol–water partition coefficient (Wildman–Crippen LogP) is 4.45. The van der Waals surface area contributed by atoms with Crippen LogP contribution in [-0.4, -0.2) is 83.8 Å². The van der Waals surface area contributed by atoms with Crippen LogP contribution < -0.4 is 15.0 Å². The lowest BCUT2D eigenvalue weighted by atomic mass is 9.74. The van der Waals surface area contributed by atoms with E-state index in [1.807, 2.05) is 56.3 Å². The number of hydrogen-bond donors (Lipinski definition) is 2. The van der Waals surface area contributed by atoms with Crippen LogP contribution in [0.2, 0.25) is 0 Å². The molecule has 2 saturated heterocycles. The second-order valence-corrected chi connectivity index (χ2v) is 14.7. The number of esters is 1. The number of rotatable bonds is 7. The van der Waals surface area contributed by atoms with Gasteiger partial charge in [-0.3, -0.25) is 19.2 Å². The summed E-state index contributed by atoms with van der Waals surface area (Å²) in [6.45, 7) is 5.51. The Bertz CT molecular complexity index is 1660. The van der Waals surface area contributed by atoms with Crippen molar-refractivity contribution in [3.63, 3.8) is 0 Å². The number of fused-ring (bicyclic) bond motifs is 2. The number of carbonyl (C=O) groups excluding carboxylic acids is 4. The van der Waals surface area contributed by atoms with Crippen LogP contribution in [-0.2, 0) is 28.7 Å². The van der Waals surface area contributed by atoms with Gasteiger partial charge in [-0.15, -0.1) is 0 Å². The van der Waals surface area contributed by atoms with E-state index in [1.165, 1.54) is 4.90 Å². The zero-order valence-corrected chi connectivity index (χ0v) is 30.2. The zero-order chi connectivity index (χ0) is 35.7. The average Bonchev–Trinajstić information content (AvgIpc) is 3.70. The molecular weight excluding hydrogens is 706 g/mol. The number of aliphatic hydroxyl groups excluding tert-OH is 1. The maximum Gasteiger partial charge on any atom is 0.313 e. The Morgan fingerprint density at radius 2 is 1.74 bits per heavy atom. The van der Waals surface area contributed by atoms with Gasteiger partial charge in [-0.1, -0.05) is 72.3 Å². The lowest BCUT2D eigenvalue weighted by Gasteiger charge is -2.39. The van der Waals surface area contributed by atoms with Crippen molar-refractivity contribution >= 4 is 45.3 Å². The summed E-state index contributed by atoms with van der Waals surface area (Å²) in [5.41, 5.74) is -0.283. The first kappa shape index (κ1) is 35.8. The third-order valence-electron chi connectivity index (χ3n) is 10.1. The van der Waals surface area contributed by atoms with Crippen LogP contribution in [0.25, 0.3) is 0 Å². The molecule has 0 radical (unpaired) electrons. The molecule has 4 aliphatic heterocycles. The first-order valence-corrected chi connectivity index (χ1v) is 17.9. The molecule has 50 heavy (non-hydrogen) atoms. The standard InChI is InChI=1S/C38H44BrN3O8/c1-22(2)19-26(21-43)42-34-36(46)41(25-14-16-27(48-4)17-15-25)18-10-6-9-13-29(44)40-23(3)32(24-11-7-5-8-12-24)49-37(47)30-31(35(42)45)38(34)20-28(39)33(30)50-38/h5-8,10-12,14-17,20,22-23,26,30-34,43H,9,13,18-19,21H2,1-4H3,(H,40,44)/b10-6-/t23-,26+,30+,31-,32+,33+,34+,38-/m0/s1. The number of benzene rings is 2. The van der Waals surface area contributed by atoms with Crippen LogP contribution in [0.15, 0.2) is 77.3 Å². The number of methoxy groups -OCH3 is 1. The SMILES string of the molecule is COc1ccc(N2C/C=C\CCC(=O)N[C@@H](C)[C@H](c3ccccc3)OC(=O)[C@H]3[C@@H]4O[C@@]5(C=C4Br)[C@@H]3C(=O)N([C@@H](CO)CC(C)C)[C@@H]5C2=O)cc1. The number of ether oxygens (including phenoxy) is 3. The fourth-order valence-electron chi connectivity index (χ4n) is 7.87. The van der Waals surface area contributed by atoms with Gasteiger partial charge in [-0.25, -0.2) is 0 Å². The molecule has 11 nitrogen and oxygen atoms in total. The number of aliphatic hydroxyl groups is 1. The molecule has 0 aliphatic carbocycles. The van der Waals surface area contributed by atoms with E-state index in [0.29, 0.717) is 34.3 Å². The van der Waals surface area contributed by atoms with Crippen molar-refractivity contribution in [1.29, 1.82) is 0 Å².